The summed E-state index contributed by atoms with van der Waals surface area (Å²) >= 11 is 4.91. The second-order valence-electron chi connectivity index (χ2n) is 6.25. The van der Waals surface area contributed by atoms with Crippen molar-refractivity contribution in [2.45, 2.75) is 31.3 Å². The molecule has 7 nitrogen and oxygen atoms in total. The maximum atomic E-state index is 12.7. The van der Waals surface area contributed by atoms with Gasteiger partial charge in [0.15, 0.2) is 0 Å². The number of nitrogens with zero attached hydrogens (tertiary/aromatic N) is 3. The van der Waals surface area contributed by atoms with Crippen LogP contribution in [0.1, 0.15) is 36.6 Å². The van der Waals surface area contributed by atoms with E-state index in [1.54, 1.807) is 0 Å². The smallest absolute Gasteiger partial charge is 0.284 e. The molecule has 1 saturated heterocycles. The minimum atomic E-state index is -0.527. The maximum Gasteiger partial charge on any atom is 0.284 e. The zero-order valence-corrected chi connectivity index (χ0v) is 14.4. The fraction of sp³-hybridized carbons (Fsp3) is 0.412. The van der Waals surface area contributed by atoms with E-state index in [4.69, 9.17) is 21.5 Å². The van der Waals surface area contributed by atoms with Crippen LogP contribution in [0.2, 0.25) is 0 Å². The average Bonchev–Trinajstić information content (AvgIpc) is 3.31. The van der Waals surface area contributed by atoms with Crippen LogP contribution >= 0.6 is 12.2 Å². The number of amides is 1. The highest BCUT2D eigenvalue weighted by Gasteiger charge is 2.35. The first-order valence-corrected chi connectivity index (χ1v) is 8.74. The van der Waals surface area contributed by atoms with Gasteiger partial charge in [0, 0.05) is 25.4 Å². The fourth-order valence-electron chi connectivity index (χ4n) is 3.28. The van der Waals surface area contributed by atoms with E-state index in [-0.39, 0.29) is 11.8 Å². The van der Waals surface area contributed by atoms with Gasteiger partial charge in [-0.25, -0.2) is 5.10 Å². The molecule has 4 rings (SSSR count). The van der Waals surface area contributed by atoms with Crippen molar-refractivity contribution in [3.63, 3.8) is 0 Å². The van der Waals surface area contributed by atoms with Gasteiger partial charge in [-0.05, 0) is 30.6 Å². The molecular formula is C17H18N4O3S. The van der Waals surface area contributed by atoms with Crippen molar-refractivity contribution in [1.29, 1.82) is 0 Å². The van der Waals surface area contributed by atoms with Gasteiger partial charge >= 0.3 is 0 Å². The summed E-state index contributed by atoms with van der Waals surface area (Å²) in [6.45, 7) is 1.30. The number of likely N-dealkylation sites (tertiary alicyclic amines) is 1. The molecule has 3 heterocycles. The summed E-state index contributed by atoms with van der Waals surface area (Å²) in [7, 11) is 0. The summed E-state index contributed by atoms with van der Waals surface area (Å²) in [5.41, 5.74) is 1.82. The standard InChI is InChI=1S/C17H18N4O3S/c22-16(14-10-13(20-24-14)11-4-2-1-3-5-11)21-8-6-12(7-9-21)15-18-19-17(25)23-15/h1-5,12,14H,6-10H2,(H,19,25)/t14-/m0/s1. The molecule has 1 aromatic carbocycles. The molecular weight excluding hydrogens is 340 g/mol. The van der Waals surface area contributed by atoms with Crippen LogP contribution in [0.25, 0.3) is 0 Å². The second kappa shape index (κ2) is 6.79. The Balaban J connectivity index is 1.33. The third-order valence-corrected chi connectivity index (χ3v) is 4.84. The van der Waals surface area contributed by atoms with Crippen LogP contribution in [-0.4, -0.2) is 45.9 Å². The number of aromatic nitrogens is 2. The molecule has 1 atom stereocenters. The molecule has 2 aliphatic rings. The lowest BCUT2D eigenvalue weighted by atomic mass is 9.96. The molecule has 130 valence electrons. The highest BCUT2D eigenvalue weighted by molar-refractivity contribution is 7.71. The average molecular weight is 358 g/mol. The molecule has 1 N–H and O–H groups in total. The van der Waals surface area contributed by atoms with Gasteiger partial charge in [0.25, 0.3) is 10.7 Å². The lowest BCUT2D eigenvalue weighted by molar-refractivity contribution is -0.143. The number of nitrogens with one attached hydrogen (secondary N) is 1. The Labute approximate surface area is 149 Å². The zero-order chi connectivity index (χ0) is 17.2. The zero-order valence-electron chi connectivity index (χ0n) is 13.6. The molecule has 1 fully saturated rings. The van der Waals surface area contributed by atoms with Crippen molar-refractivity contribution in [2.24, 2.45) is 5.16 Å². The summed E-state index contributed by atoms with van der Waals surface area (Å²) in [4.78, 5) is 20.2. The van der Waals surface area contributed by atoms with Crippen LogP contribution in [0.5, 0.6) is 0 Å². The summed E-state index contributed by atoms with van der Waals surface area (Å²) in [5.74, 6) is 0.817. The Hall–Kier alpha value is -2.48. The number of oxime groups is 1. The van der Waals surface area contributed by atoms with Crippen molar-refractivity contribution in [3.8, 4) is 0 Å². The van der Waals surface area contributed by atoms with E-state index in [9.17, 15) is 4.79 Å². The Kier molecular flexibility index (Phi) is 4.35. The second-order valence-corrected chi connectivity index (χ2v) is 6.62. The predicted molar refractivity (Wildman–Crippen MR) is 92.7 cm³/mol. The van der Waals surface area contributed by atoms with E-state index in [1.165, 1.54) is 0 Å². The molecule has 8 heteroatoms. The van der Waals surface area contributed by atoms with Crippen molar-refractivity contribution in [2.75, 3.05) is 13.1 Å². The van der Waals surface area contributed by atoms with Crippen molar-refractivity contribution < 1.29 is 14.0 Å². The first-order chi connectivity index (χ1) is 12.2. The SMILES string of the molecule is O=C([C@@H]1CC(c2ccccc2)=NO1)N1CCC(c2n[nH]c(=S)o2)CC1. The Morgan fingerprint density at radius 3 is 2.68 bits per heavy atom. The lowest BCUT2D eigenvalue weighted by Crippen LogP contribution is -2.43. The van der Waals surface area contributed by atoms with Crippen molar-refractivity contribution in [1.82, 2.24) is 15.1 Å². The van der Waals surface area contributed by atoms with Crippen LogP contribution in [0.15, 0.2) is 39.9 Å². The topological polar surface area (TPSA) is 83.7 Å². The van der Waals surface area contributed by atoms with Crippen LogP contribution < -0.4 is 0 Å². The molecule has 0 unspecified atom stereocenters. The highest BCUT2D eigenvalue weighted by atomic mass is 32.1. The Bertz CT molecular complexity index is 837. The van der Waals surface area contributed by atoms with E-state index in [1.807, 2.05) is 35.2 Å². The lowest BCUT2D eigenvalue weighted by Gasteiger charge is -2.31. The van der Waals surface area contributed by atoms with Crippen molar-refractivity contribution >= 4 is 23.8 Å². The van der Waals surface area contributed by atoms with E-state index < -0.39 is 6.10 Å². The first kappa shape index (κ1) is 16.0. The predicted octanol–water partition coefficient (Wildman–Crippen LogP) is 2.63. The molecule has 0 bridgehead atoms. The van der Waals surface area contributed by atoms with Gasteiger partial charge in [0.1, 0.15) is 0 Å². The number of hydrogen-bond donors (Lipinski definition) is 1. The number of aromatic amines is 1. The van der Waals surface area contributed by atoms with Crippen LogP contribution in [0.4, 0.5) is 0 Å². The fourth-order valence-corrected chi connectivity index (χ4v) is 3.41. The van der Waals surface area contributed by atoms with Gasteiger partial charge in [-0.3, -0.25) is 4.79 Å². The summed E-state index contributed by atoms with van der Waals surface area (Å²) in [6.07, 6.45) is 1.58. The quantitative estimate of drug-likeness (QED) is 0.853. The van der Waals surface area contributed by atoms with Gasteiger partial charge in [0.05, 0.1) is 5.71 Å². The van der Waals surface area contributed by atoms with E-state index >= 15 is 0 Å². The number of H-pyrrole nitrogens is 1. The molecule has 2 aromatic rings. The Morgan fingerprint density at radius 2 is 2.00 bits per heavy atom. The molecule has 0 saturated carbocycles. The molecule has 1 amide bonds. The minimum absolute atomic E-state index is 0.00365. The highest BCUT2D eigenvalue weighted by Crippen LogP contribution is 2.28. The summed E-state index contributed by atoms with van der Waals surface area (Å²) in [5, 5.41) is 10.8. The molecule has 0 radical (unpaired) electrons. The molecule has 0 aliphatic carbocycles. The van der Waals surface area contributed by atoms with E-state index in [0.717, 1.165) is 24.1 Å². The van der Waals surface area contributed by atoms with Crippen LogP contribution in [0, 0.1) is 4.84 Å². The minimum Gasteiger partial charge on any atom is -0.414 e. The third-order valence-electron chi connectivity index (χ3n) is 4.66. The van der Waals surface area contributed by atoms with Gasteiger partial charge in [-0.1, -0.05) is 35.5 Å². The van der Waals surface area contributed by atoms with Gasteiger partial charge < -0.3 is 14.2 Å². The normalized spacial score (nSPS) is 21.0. The number of benzene rings is 1. The molecule has 1 aromatic heterocycles. The summed E-state index contributed by atoms with van der Waals surface area (Å²) < 4.78 is 5.38. The van der Waals surface area contributed by atoms with E-state index in [2.05, 4.69) is 15.4 Å². The molecule has 2 aliphatic heterocycles. The summed E-state index contributed by atoms with van der Waals surface area (Å²) in [6, 6.07) is 9.80. The largest absolute Gasteiger partial charge is 0.414 e. The number of carbonyl (C=O) groups is 1. The Morgan fingerprint density at radius 1 is 1.24 bits per heavy atom. The first-order valence-electron chi connectivity index (χ1n) is 8.33. The molecule has 25 heavy (non-hydrogen) atoms. The maximum absolute atomic E-state index is 12.7. The van der Waals surface area contributed by atoms with Gasteiger partial charge in [0.2, 0.25) is 12.0 Å². The third kappa shape index (κ3) is 3.34. The number of piperidine rings is 1. The number of hydrogen-bond acceptors (Lipinski definition) is 6. The molecule has 0 spiro atoms. The van der Waals surface area contributed by atoms with Gasteiger partial charge in [-0.15, -0.1) is 5.10 Å². The van der Waals surface area contributed by atoms with Crippen LogP contribution in [-0.2, 0) is 9.63 Å². The van der Waals surface area contributed by atoms with Gasteiger partial charge in [-0.2, -0.15) is 0 Å². The number of carbonyl (C=O) groups excluding carboxylic acids is 1. The van der Waals surface area contributed by atoms with Crippen LogP contribution in [0.3, 0.4) is 0 Å². The van der Waals surface area contributed by atoms with Crippen molar-refractivity contribution in [3.05, 3.63) is 46.6 Å². The van der Waals surface area contributed by atoms with E-state index in [0.29, 0.717) is 30.2 Å². The number of rotatable bonds is 3. The monoisotopic (exact) mass is 358 g/mol.